The van der Waals surface area contributed by atoms with Gasteiger partial charge in [0.05, 0.1) is 20.8 Å². The number of carbonyl (C=O) groups is 1. The molecule has 1 aromatic carbocycles. The van der Waals surface area contributed by atoms with E-state index in [0.717, 1.165) is 31.5 Å². The van der Waals surface area contributed by atoms with Crippen molar-refractivity contribution in [1.82, 2.24) is 10.2 Å². The number of piperidine rings is 1. The normalized spacial score (nSPS) is 15.0. The third kappa shape index (κ3) is 5.85. The molecular weight excluding hydrogens is 320 g/mol. The van der Waals surface area contributed by atoms with E-state index in [1.807, 2.05) is 23.1 Å². The summed E-state index contributed by atoms with van der Waals surface area (Å²) in [6.45, 7) is 2.68. The summed E-state index contributed by atoms with van der Waals surface area (Å²) in [5, 5.41) is 3.00. The predicted molar refractivity (Wildman–Crippen MR) is 97.9 cm³/mol. The summed E-state index contributed by atoms with van der Waals surface area (Å²) in [5.41, 5.74) is 6.84. The highest BCUT2D eigenvalue weighted by Crippen LogP contribution is 2.27. The van der Waals surface area contributed by atoms with Gasteiger partial charge in [-0.2, -0.15) is 0 Å². The van der Waals surface area contributed by atoms with Crippen molar-refractivity contribution in [2.24, 2.45) is 10.7 Å². The Morgan fingerprint density at radius 1 is 1.20 bits per heavy atom. The topological polar surface area (TPSA) is 89.2 Å². The van der Waals surface area contributed by atoms with Gasteiger partial charge >= 0.3 is 0 Å². The number of amides is 1. The molecule has 7 heteroatoms. The Labute approximate surface area is 149 Å². The first-order valence-corrected chi connectivity index (χ1v) is 8.66. The van der Waals surface area contributed by atoms with Gasteiger partial charge in [0.1, 0.15) is 0 Å². The van der Waals surface area contributed by atoms with Crippen molar-refractivity contribution in [3.8, 4) is 11.5 Å². The Kier molecular flexibility index (Phi) is 7.37. The molecule has 7 nitrogen and oxygen atoms in total. The number of likely N-dealkylation sites (tertiary alicyclic amines) is 1. The van der Waals surface area contributed by atoms with Gasteiger partial charge in [-0.1, -0.05) is 6.07 Å². The molecule has 25 heavy (non-hydrogen) atoms. The van der Waals surface area contributed by atoms with E-state index in [4.69, 9.17) is 15.2 Å². The Bertz CT molecular complexity index is 598. The number of hydrogen-bond donors (Lipinski definition) is 2. The van der Waals surface area contributed by atoms with Crippen molar-refractivity contribution in [2.45, 2.75) is 32.2 Å². The fraction of sp³-hybridized carbons (Fsp3) is 0.556. The number of ether oxygens (including phenoxy) is 2. The van der Waals surface area contributed by atoms with Crippen molar-refractivity contribution in [2.75, 3.05) is 33.9 Å². The molecule has 1 amide bonds. The molecule has 0 spiro atoms. The van der Waals surface area contributed by atoms with Crippen LogP contribution in [0.5, 0.6) is 11.5 Å². The monoisotopic (exact) mass is 348 g/mol. The molecule has 138 valence electrons. The molecule has 0 saturated carbocycles. The molecule has 1 heterocycles. The molecule has 1 aliphatic heterocycles. The Morgan fingerprint density at radius 2 is 1.92 bits per heavy atom. The van der Waals surface area contributed by atoms with Crippen molar-refractivity contribution >= 4 is 11.9 Å². The average Bonchev–Trinajstić information content (AvgIpc) is 2.66. The largest absolute Gasteiger partial charge is 0.493 e. The van der Waals surface area contributed by atoms with Gasteiger partial charge in [-0.15, -0.1) is 0 Å². The van der Waals surface area contributed by atoms with Crippen LogP contribution in [0.3, 0.4) is 0 Å². The van der Waals surface area contributed by atoms with Crippen LogP contribution in [-0.2, 0) is 11.3 Å². The summed E-state index contributed by atoms with van der Waals surface area (Å²) in [7, 11) is 3.20. The molecule has 1 aliphatic rings. The van der Waals surface area contributed by atoms with Crippen LogP contribution in [0.25, 0.3) is 0 Å². The van der Waals surface area contributed by atoms with E-state index in [2.05, 4.69) is 10.3 Å². The van der Waals surface area contributed by atoms with Gasteiger partial charge in [-0.05, 0) is 37.0 Å². The Hall–Kier alpha value is -2.44. The Morgan fingerprint density at radius 3 is 2.60 bits per heavy atom. The highest BCUT2D eigenvalue weighted by molar-refractivity contribution is 5.80. The lowest BCUT2D eigenvalue weighted by Gasteiger charge is -2.26. The van der Waals surface area contributed by atoms with E-state index in [1.54, 1.807) is 14.2 Å². The summed E-state index contributed by atoms with van der Waals surface area (Å²) in [4.78, 5) is 18.3. The zero-order valence-electron chi connectivity index (χ0n) is 15.1. The molecule has 3 N–H and O–H groups in total. The molecule has 1 saturated heterocycles. The molecule has 0 aliphatic carbocycles. The average molecular weight is 348 g/mol. The summed E-state index contributed by atoms with van der Waals surface area (Å²) < 4.78 is 10.5. The van der Waals surface area contributed by atoms with Crippen molar-refractivity contribution in [1.29, 1.82) is 0 Å². The third-order valence-corrected chi connectivity index (χ3v) is 4.23. The third-order valence-electron chi connectivity index (χ3n) is 4.23. The maximum absolute atomic E-state index is 12.1. The summed E-state index contributed by atoms with van der Waals surface area (Å²) >= 11 is 0. The number of guanidine groups is 1. The molecule has 2 rings (SSSR count). The number of nitrogens with two attached hydrogens (primary N) is 1. The standard InChI is InChI=1S/C18H28N4O3/c1-24-15-7-6-14(12-16(15)25-2)13-21-18(19)20-9-8-17(23)22-10-4-3-5-11-22/h6-7,12H,3-5,8-11,13H2,1-2H3,(H3,19,20,21). The summed E-state index contributed by atoms with van der Waals surface area (Å²) in [5.74, 6) is 1.85. The minimum absolute atomic E-state index is 0.180. The van der Waals surface area contributed by atoms with E-state index in [-0.39, 0.29) is 5.91 Å². The second-order valence-electron chi connectivity index (χ2n) is 6.01. The zero-order valence-corrected chi connectivity index (χ0v) is 15.1. The zero-order chi connectivity index (χ0) is 18.1. The van der Waals surface area contributed by atoms with Crippen LogP contribution in [-0.4, -0.2) is 50.6 Å². The SMILES string of the molecule is COc1ccc(CN=C(N)NCCC(=O)N2CCCCC2)cc1OC. The van der Waals surface area contributed by atoms with Crippen LogP contribution >= 0.6 is 0 Å². The van der Waals surface area contributed by atoms with Crippen molar-refractivity contribution in [3.05, 3.63) is 23.8 Å². The minimum atomic E-state index is 0.180. The van der Waals surface area contributed by atoms with E-state index in [1.165, 1.54) is 6.42 Å². The number of hydrogen-bond acceptors (Lipinski definition) is 4. The first-order chi connectivity index (χ1) is 12.1. The van der Waals surface area contributed by atoms with Crippen molar-refractivity contribution in [3.63, 3.8) is 0 Å². The van der Waals surface area contributed by atoms with Crippen molar-refractivity contribution < 1.29 is 14.3 Å². The molecule has 0 aromatic heterocycles. The molecule has 0 bridgehead atoms. The van der Waals surface area contributed by atoms with Crippen LogP contribution in [0.2, 0.25) is 0 Å². The van der Waals surface area contributed by atoms with Gasteiger partial charge in [-0.3, -0.25) is 4.79 Å². The quantitative estimate of drug-likeness (QED) is 0.576. The lowest BCUT2D eigenvalue weighted by atomic mass is 10.1. The van der Waals surface area contributed by atoms with Crippen LogP contribution < -0.4 is 20.5 Å². The van der Waals surface area contributed by atoms with E-state index in [0.29, 0.717) is 37.0 Å². The fourth-order valence-electron chi connectivity index (χ4n) is 2.81. The predicted octanol–water partition coefficient (Wildman–Crippen LogP) is 1.51. The number of carbonyl (C=O) groups excluding carboxylic acids is 1. The number of nitrogens with zero attached hydrogens (tertiary/aromatic N) is 2. The number of rotatable bonds is 7. The van der Waals surface area contributed by atoms with Gasteiger partial charge in [0.25, 0.3) is 0 Å². The van der Waals surface area contributed by atoms with Crippen LogP contribution in [0.15, 0.2) is 23.2 Å². The molecule has 0 unspecified atom stereocenters. The molecule has 1 aromatic rings. The van der Waals surface area contributed by atoms with E-state index in [9.17, 15) is 4.79 Å². The first kappa shape index (κ1) is 18.9. The lowest BCUT2D eigenvalue weighted by Crippen LogP contribution is -2.39. The second kappa shape index (κ2) is 9.76. The Balaban J connectivity index is 1.76. The van der Waals surface area contributed by atoms with Crippen LogP contribution in [0.4, 0.5) is 0 Å². The lowest BCUT2D eigenvalue weighted by molar-refractivity contribution is -0.131. The van der Waals surface area contributed by atoms with Gasteiger partial charge in [0, 0.05) is 26.1 Å². The summed E-state index contributed by atoms with van der Waals surface area (Å²) in [6, 6.07) is 5.62. The molecule has 1 fully saturated rings. The highest BCUT2D eigenvalue weighted by Gasteiger charge is 2.15. The van der Waals surface area contributed by atoms with Crippen LogP contribution in [0, 0.1) is 0 Å². The maximum Gasteiger partial charge on any atom is 0.224 e. The first-order valence-electron chi connectivity index (χ1n) is 8.66. The maximum atomic E-state index is 12.1. The highest BCUT2D eigenvalue weighted by atomic mass is 16.5. The molecule has 0 atom stereocenters. The number of nitrogens with one attached hydrogen (secondary N) is 1. The molecular formula is C18H28N4O3. The number of benzene rings is 1. The number of aliphatic imine (C=N–C) groups is 1. The van der Waals surface area contributed by atoms with Crippen LogP contribution in [0.1, 0.15) is 31.2 Å². The van der Waals surface area contributed by atoms with Gasteiger partial charge in [0.15, 0.2) is 17.5 Å². The molecule has 0 radical (unpaired) electrons. The second-order valence-corrected chi connectivity index (χ2v) is 6.01. The fourth-order valence-corrected chi connectivity index (χ4v) is 2.81. The van der Waals surface area contributed by atoms with E-state index < -0.39 is 0 Å². The smallest absolute Gasteiger partial charge is 0.224 e. The van der Waals surface area contributed by atoms with Gasteiger partial charge < -0.3 is 25.4 Å². The van der Waals surface area contributed by atoms with Gasteiger partial charge in [-0.25, -0.2) is 4.99 Å². The summed E-state index contributed by atoms with van der Waals surface area (Å²) in [6.07, 6.45) is 3.87. The van der Waals surface area contributed by atoms with Gasteiger partial charge in [0.2, 0.25) is 5.91 Å². The van der Waals surface area contributed by atoms with E-state index >= 15 is 0 Å². The number of methoxy groups -OCH3 is 2. The minimum Gasteiger partial charge on any atom is -0.493 e.